The van der Waals surface area contributed by atoms with Gasteiger partial charge in [-0.3, -0.25) is 14.4 Å². The lowest BCUT2D eigenvalue weighted by Crippen LogP contribution is -2.33. The van der Waals surface area contributed by atoms with Gasteiger partial charge in [0.15, 0.2) is 0 Å². The monoisotopic (exact) mass is 482 g/mol. The third-order valence-corrected chi connectivity index (χ3v) is 6.12. The number of amides is 1. The Morgan fingerprint density at radius 3 is 2.61 bits per heavy atom. The van der Waals surface area contributed by atoms with Crippen LogP contribution in [0.1, 0.15) is 29.6 Å². The highest BCUT2D eigenvalue weighted by atomic mass is 79.9. The maximum absolute atomic E-state index is 12.6. The van der Waals surface area contributed by atoms with Crippen molar-refractivity contribution in [3.05, 3.63) is 64.8 Å². The number of likely N-dealkylation sites (tertiary alicyclic amines) is 1. The summed E-state index contributed by atoms with van der Waals surface area (Å²) in [5.41, 5.74) is 3.12. The average molecular weight is 483 g/mol. The summed E-state index contributed by atoms with van der Waals surface area (Å²) in [7, 11) is 1.90. The highest BCUT2D eigenvalue weighted by molar-refractivity contribution is 9.10. The van der Waals surface area contributed by atoms with Gasteiger partial charge >= 0.3 is 0 Å². The highest BCUT2D eigenvalue weighted by Gasteiger charge is 2.17. The summed E-state index contributed by atoms with van der Waals surface area (Å²) in [5.74, 6) is 0.633. The molecule has 1 aliphatic heterocycles. The van der Waals surface area contributed by atoms with Gasteiger partial charge in [-0.05, 0) is 72.2 Å². The van der Waals surface area contributed by atoms with Crippen molar-refractivity contribution in [2.75, 3.05) is 31.6 Å². The van der Waals surface area contributed by atoms with Crippen LogP contribution in [0, 0.1) is 0 Å². The SMILES string of the molecule is Cn1ncc(Br)c1-c1cc(NC(=O)c2ccccc2)ccc1OCCN1CCCCC1. The summed E-state index contributed by atoms with van der Waals surface area (Å²) in [6, 6.07) is 14.9. The molecule has 3 aromatic rings. The Morgan fingerprint density at radius 1 is 1.13 bits per heavy atom. The molecule has 31 heavy (non-hydrogen) atoms. The third-order valence-electron chi connectivity index (χ3n) is 5.54. The predicted molar refractivity (Wildman–Crippen MR) is 127 cm³/mol. The molecule has 6 nitrogen and oxygen atoms in total. The first-order valence-corrected chi connectivity index (χ1v) is 11.4. The second kappa shape index (κ2) is 10.1. The van der Waals surface area contributed by atoms with E-state index in [2.05, 4.69) is 31.2 Å². The van der Waals surface area contributed by atoms with Gasteiger partial charge in [0.25, 0.3) is 5.91 Å². The fourth-order valence-electron chi connectivity index (χ4n) is 3.89. The zero-order valence-corrected chi connectivity index (χ0v) is 19.3. The molecule has 0 radical (unpaired) electrons. The van der Waals surface area contributed by atoms with Gasteiger partial charge in [0.2, 0.25) is 0 Å². The van der Waals surface area contributed by atoms with E-state index in [-0.39, 0.29) is 5.91 Å². The second-order valence-corrected chi connectivity index (χ2v) is 8.60. The van der Waals surface area contributed by atoms with Gasteiger partial charge in [-0.2, -0.15) is 5.10 Å². The fraction of sp³-hybridized carbons (Fsp3) is 0.333. The van der Waals surface area contributed by atoms with E-state index in [1.165, 1.54) is 19.3 Å². The lowest BCUT2D eigenvalue weighted by molar-refractivity contribution is 0.102. The molecule has 1 N–H and O–H groups in total. The number of hydrogen-bond acceptors (Lipinski definition) is 4. The van der Waals surface area contributed by atoms with Crippen LogP contribution in [0.15, 0.2) is 59.2 Å². The van der Waals surface area contributed by atoms with Crippen LogP contribution >= 0.6 is 15.9 Å². The predicted octanol–water partition coefficient (Wildman–Crippen LogP) is 4.97. The standard InChI is InChI=1S/C24H27BrN4O2/c1-28-23(21(25)17-26-28)20-16-19(27-24(30)18-8-4-2-5-9-18)10-11-22(20)31-15-14-29-12-6-3-7-13-29/h2,4-5,8-11,16-17H,3,6-7,12-15H2,1H3,(H,27,30). The van der Waals surface area contributed by atoms with Crippen molar-refractivity contribution in [1.29, 1.82) is 0 Å². The van der Waals surface area contributed by atoms with Crippen LogP contribution in [0.2, 0.25) is 0 Å². The van der Waals surface area contributed by atoms with Gasteiger partial charge in [0, 0.05) is 30.4 Å². The van der Waals surface area contributed by atoms with Crippen LogP contribution in [-0.2, 0) is 7.05 Å². The van der Waals surface area contributed by atoms with Crippen LogP contribution < -0.4 is 10.1 Å². The first-order valence-electron chi connectivity index (χ1n) is 10.7. The van der Waals surface area contributed by atoms with E-state index in [1.54, 1.807) is 23.0 Å². The summed E-state index contributed by atoms with van der Waals surface area (Å²) in [4.78, 5) is 15.1. The molecule has 162 valence electrons. The van der Waals surface area contributed by atoms with Gasteiger partial charge in [0.1, 0.15) is 12.4 Å². The summed E-state index contributed by atoms with van der Waals surface area (Å²) in [5, 5.41) is 7.33. The van der Waals surface area contributed by atoms with Crippen molar-refractivity contribution in [3.8, 4) is 17.0 Å². The van der Waals surface area contributed by atoms with E-state index >= 15 is 0 Å². The molecule has 0 saturated carbocycles. The van der Waals surface area contributed by atoms with Crippen molar-refractivity contribution < 1.29 is 9.53 Å². The Labute approximate surface area is 191 Å². The molecular formula is C24H27BrN4O2. The molecule has 0 unspecified atom stereocenters. The van der Waals surface area contributed by atoms with Gasteiger partial charge in [-0.15, -0.1) is 0 Å². The van der Waals surface area contributed by atoms with E-state index in [0.717, 1.165) is 41.1 Å². The van der Waals surface area contributed by atoms with Crippen molar-refractivity contribution in [2.24, 2.45) is 7.05 Å². The molecule has 4 rings (SSSR count). The molecule has 2 heterocycles. The average Bonchev–Trinajstić information content (AvgIpc) is 3.13. The van der Waals surface area contributed by atoms with E-state index in [1.807, 2.05) is 43.4 Å². The van der Waals surface area contributed by atoms with Crippen molar-refractivity contribution >= 4 is 27.5 Å². The molecular weight excluding hydrogens is 456 g/mol. The molecule has 1 fully saturated rings. The Bertz CT molecular complexity index is 1010. The number of hydrogen-bond donors (Lipinski definition) is 1. The van der Waals surface area contributed by atoms with Gasteiger partial charge in [-0.1, -0.05) is 24.6 Å². The molecule has 0 atom stereocenters. The largest absolute Gasteiger partial charge is 0.492 e. The van der Waals surface area contributed by atoms with Gasteiger partial charge < -0.3 is 10.1 Å². The molecule has 0 aliphatic carbocycles. The number of aromatic nitrogens is 2. The number of aryl methyl sites for hydroxylation is 1. The Balaban J connectivity index is 1.55. The number of carbonyl (C=O) groups is 1. The molecule has 0 spiro atoms. The smallest absolute Gasteiger partial charge is 0.255 e. The third kappa shape index (κ3) is 5.35. The van der Waals surface area contributed by atoms with E-state index in [0.29, 0.717) is 17.9 Å². The molecule has 0 bridgehead atoms. The van der Waals surface area contributed by atoms with Gasteiger partial charge in [-0.25, -0.2) is 0 Å². The number of anilines is 1. The molecule has 1 saturated heterocycles. The zero-order chi connectivity index (χ0) is 21.6. The zero-order valence-electron chi connectivity index (χ0n) is 17.7. The maximum Gasteiger partial charge on any atom is 0.255 e. The first-order chi connectivity index (χ1) is 15.1. The molecule has 1 aliphatic rings. The normalized spacial score (nSPS) is 14.4. The minimum absolute atomic E-state index is 0.144. The van der Waals surface area contributed by atoms with E-state index < -0.39 is 0 Å². The van der Waals surface area contributed by atoms with Crippen molar-refractivity contribution in [3.63, 3.8) is 0 Å². The summed E-state index contributed by atoms with van der Waals surface area (Å²) < 4.78 is 8.88. The number of nitrogens with zero attached hydrogens (tertiary/aromatic N) is 3. The Kier molecular flexibility index (Phi) is 7.04. The fourth-order valence-corrected chi connectivity index (χ4v) is 4.45. The lowest BCUT2D eigenvalue weighted by atomic mass is 10.1. The highest BCUT2D eigenvalue weighted by Crippen LogP contribution is 2.36. The molecule has 7 heteroatoms. The van der Waals surface area contributed by atoms with Crippen LogP contribution in [0.25, 0.3) is 11.3 Å². The number of rotatable bonds is 7. The number of halogens is 1. The topological polar surface area (TPSA) is 59.4 Å². The van der Waals surface area contributed by atoms with Crippen molar-refractivity contribution in [2.45, 2.75) is 19.3 Å². The Morgan fingerprint density at radius 2 is 1.90 bits per heavy atom. The lowest BCUT2D eigenvalue weighted by Gasteiger charge is -2.26. The van der Waals surface area contributed by atoms with E-state index in [4.69, 9.17) is 4.74 Å². The summed E-state index contributed by atoms with van der Waals surface area (Å²) in [6.07, 6.45) is 5.63. The maximum atomic E-state index is 12.6. The summed E-state index contributed by atoms with van der Waals surface area (Å²) in [6.45, 7) is 3.83. The first kappa shape index (κ1) is 21.6. The number of nitrogens with one attached hydrogen (secondary N) is 1. The number of ether oxygens (including phenoxy) is 1. The van der Waals surface area contributed by atoms with Gasteiger partial charge in [0.05, 0.1) is 16.4 Å². The molecule has 2 aromatic carbocycles. The Hall–Kier alpha value is -2.64. The van der Waals surface area contributed by atoms with Crippen LogP contribution in [0.5, 0.6) is 5.75 Å². The second-order valence-electron chi connectivity index (χ2n) is 7.75. The minimum Gasteiger partial charge on any atom is -0.492 e. The van der Waals surface area contributed by atoms with Crippen LogP contribution in [0.3, 0.4) is 0 Å². The number of piperidine rings is 1. The van der Waals surface area contributed by atoms with Crippen LogP contribution in [-0.4, -0.2) is 46.8 Å². The quantitative estimate of drug-likeness (QED) is 0.516. The minimum atomic E-state index is -0.144. The van der Waals surface area contributed by atoms with Crippen molar-refractivity contribution in [1.82, 2.24) is 14.7 Å². The summed E-state index contributed by atoms with van der Waals surface area (Å²) >= 11 is 3.60. The van der Waals surface area contributed by atoms with E-state index in [9.17, 15) is 4.79 Å². The molecule has 1 aromatic heterocycles. The molecule has 1 amide bonds. The van der Waals surface area contributed by atoms with Crippen LogP contribution in [0.4, 0.5) is 5.69 Å². The number of benzene rings is 2. The number of carbonyl (C=O) groups excluding carboxylic acids is 1.